The second-order valence-corrected chi connectivity index (χ2v) is 3.25. The van der Waals surface area contributed by atoms with Crippen molar-refractivity contribution < 1.29 is 0 Å². The highest BCUT2D eigenvalue weighted by Crippen LogP contribution is 2.03. The molecule has 66 valence electrons. The van der Waals surface area contributed by atoms with Crippen molar-refractivity contribution >= 4 is 10.2 Å². The number of rotatable bonds is 4. The van der Waals surface area contributed by atoms with Crippen LogP contribution >= 0.6 is 0 Å². The van der Waals surface area contributed by atoms with Crippen molar-refractivity contribution in [3.63, 3.8) is 0 Å². The molecule has 0 aromatic rings. The van der Waals surface area contributed by atoms with E-state index in [-0.39, 0.29) is 0 Å². The van der Waals surface area contributed by atoms with E-state index in [4.69, 9.17) is 0 Å². The zero-order chi connectivity index (χ0) is 8.85. The minimum atomic E-state index is 1.08. The second-order valence-electron chi connectivity index (χ2n) is 2.68. The van der Waals surface area contributed by atoms with Crippen LogP contribution in [0.25, 0.3) is 0 Å². The topological polar surface area (TPSA) is 6.48 Å². The standard InChI is InChI=1S/C8H20N2Si/c1-5-9(3)8(7-11)10(4)6-2/h7H,5-6H2,1-4,11H3. The van der Waals surface area contributed by atoms with Gasteiger partial charge in [-0.05, 0) is 13.8 Å². The van der Waals surface area contributed by atoms with Crippen LogP contribution in [0.5, 0.6) is 0 Å². The number of hydrogen-bond donors (Lipinski definition) is 0. The van der Waals surface area contributed by atoms with Crippen LogP contribution in [0.15, 0.2) is 11.5 Å². The quantitative estimate of drug-likeness (QED) is 0.553. The third-order valence-corrected chi connectivity index (χ3v) is 2.51. The second kappa shape index (κ2) is 5.24. The van der Waals surface area contributed by atoms with Crippen molar-refractivity contribution in [2.45, 2.75) is 13.8 Å². The molecule has 0 saturated carbocycles. The van der Waals surface area contributed by atoms with Crippen molar-refractivity contribution in [3.8, 4) is 0 Å². The van der Waals surface area contributed by atoms with Crippen LogP contribution in [-0.4, -0.2) is 47.2 Å². The Morgan fingerprint density at radius 3 is 1.73 bits per heavy atom. The molecule has 0 heterocycles. The molecule has 0 aromatic heterocycles. The van der Waals surface area contributed by atoms with Crippen LogP contribution in [-0.2, 0) is 0 Å². The summed E-state index contributed by atoms with van der Waals surface area (Å²) in [4.78, 5) is 4.55. The van der Waals surface area contributed by atoms with Crippen LogP contribution in [0.3, 0.4) is 0 Å². The van der Waals surface area contributed by atoms with Gasteiger partial charge in [0.2, 0.25) is 0 Å². The molecule has 0 amide bonds. The molecule has 0 unspecified atom stereocenters. The fourth-order valence-electron chi connectivity index (χ4n) is 1.06. The summed E-state index contributed by atoms with van der Waals surface area (Å²) in [6.07, 6.45) is 0. The van der Waals surface area contributed by atoms with Gasteiger partial charge in [0.25, 0.3) is 0 Å². The van der Waals surface area contributed by atoms with Gasteiger partial charge in [-0.1, -0.05) is 5.70 Å². The Bertz CT molecular complexity index is 122. The van der Waals surface area contributed by atoms with Crippen molar-refractivity contribution in [2.24, 2.45) is 0 Å². The molecule has 2 nitrogen and oxygen atoms in total. The molecule has 0 radical (unpaired) electrons. The maximum atomic E-state index is 2.28. The van der Waals surface area contributed by atoms with Crippen molar-refractivity contribution in [1.29, 1.82) is 0 Å². The summed E-state index contributed by atoms with van der Waals surface area (Å²) >= 11 is 0. The largest absolute Gasteiger partial charge is 0.362 e. The SMILES string of the molecule is CCN(C)C(=C[SiH3])N(C)CC. The van der Waals surface area contributed by atoms with Crippen LogP contribution in [0.1, 0.15) is 13.8 Å². The zero-order valence-electron chi connectivity index (χ0n) is 8.39. The lowest BCUT2D eigenvalue weighted by Gasteiger charge is -2.29. The fourth-order valence-corrected chi connectivity index (χ4v) is 1.94. The van der Waals surface area contributed by atoms with E-state index in [0.717, 1.165) is 23.3 Å². The van der Waals surface area contributed by atoms with Gasteiger partial charge < -0.3 is 9.80 Å². The Kier molecular flexibility index (Phi) is 5.03. The lowest BCUT2D eigenvalue weighted by molar-refractivity contribution is 0.286. The number of nitrogens with zero attached hydrogens (tertiary/aromatic N) is 2. The molecular weight excluding hydrogens is 152 g/mol. The molecule has 0 aliphatic rings. The van der Waals surface area contributed by atoms with Crippen molar-refractivity contribution in [1.82, 2.24) is 9.80 Å². The molecule has 0 bridgehead atoms. The third-order valence-electron chi connectivity index (χ3n) is 1.99. The Balaban J connectivity index is 4.17. The van der Waals surface area contributed by atoms with Gasteiger partial charge >= 0.3 is 0 Å². The van der Waals surface area contributed by atoms with Gasteiger partial charge in [0.05, 0.1) is 5.82 Å². The van der Waals surface area contributed by atoms with Gasteiger partial charge in [-0.15, -0.1) is 0 Å². The first-order valence-electron chi connectivity index (χ1n) is 4.25. The third kappa shape index (κ3) is 2.97. The summed E-state index contributed by atoms with van der Waals surface area (Å²) in [6.45, 7) is 6.51. The predicted octanol–water partition coefficient (Wildman–Crippen LogP) is 0.0541. The van der Waals surface area contributed by atoms with E-state index in [1.165, 1.54) is 5.82 Å². The molecular formula is C8H20N2Si. The first-order chi connectivity index (χ1) is 5.17. The molecule has 0 N–H and O–H groups in total. The monoisotopic (exact) mass is 172 g/mol. The summed E-state index contributed by atoms with van der Waals surface area (Å²) in [5, 5.41) is 0. The lowest BCUT2D eigenvalue weighted by Crippen LogP contribution is -2.30. The molecule has 0 rings (SSSR count). The van der Waals surface area contributed by atoms with Gasteiger partial charge in [-0.3, -0.25) is 0 Å². The Morgan fingerprint density at radius 1 is 1.18 bits per heavy atom. The summed E-state index contributed by atoms with van der Waals surface area (Å²) in [6, 6.07) is 0. The van der Waals surface area contributed by atoms with E-state index in [1.54, 1.807) is 0 Å². The first kappa shape index (κ1) is 10.6. The summed E-state index contributed by atoms with van der Waals surface area (Å²) in [7, 11) is 5.40. The van der Waals surface area contributed by atoms with Crippen LogP contribution in [0, 0.1) is 0 Å². The summed E-state index contributed by atoms with van der Waals surface area (Å²) in [5.74, 6) is 1.36. The lowest BCUT2D eigenvalue weighted by atomic mass is 10.5. The molecule has 0 spiro atoms. The van der Waals surface area contributed by atoms with Crippen molar-refractivity contribution in [3.05, 3.63) is 11.5 Å². The molecule has 0 atom stereocenters. The Labute approximate surface area is 73.3 Å². The van der Waals surface area contributed by atoms with E-state index < -0.39 is 0 Å². The Hall–Kier alpha value is -0.443. The van der Waals surface area contributed by atoms with Gasteiger partial charge in [-0.2, -0.15) is 0 Å². The van der Waals surface area contributed by atoms with E-state index in [0.29, 0.717) is 0 Å². The maximum Gasteiger partial charge on any atom is 0.0943 e. The molecule has 0 saturated heterocycles. The molecule has 11 heavy (non-hydrogen) atoms. The highest BCUT2D eigenvalue weighted by molar-refractivity contribution is 6.17. The molecule has 0 fully saturated rings. The smallest absolute Gasteiger partial charge is 0.0943 e. The minimum Gasteiger partial charge on any atom is -0.362 e. The van der Waals surface area contributed by atoms with Gasteiger partial charge in [0, 0.05) is 37.4 Å². The van der Waals surface area contributed by atoms with E-state index >= 15 is 0 Å². The van der Waals surface area contributed by atoms with E-state index in [2.05, 4.69) is 43.4 Å². The molecule has 0 aliphatic heterocycles. The first-order valence-corrected chi connectivity index (χ1v) is 5.41. The van der Waals surface area contributed by atoms with Crippen LogP contribution in [0.4, 0.5) is 0 Å². The predicted molar refractivity (Wildman–Crippen MR) is 54.6 cm³/mol. The maximum absolute atomic E-state index is 2.28. The minimum absolute atomic E-state index is 1.08. The number of hydrogen-bond acceptors (Lipinski definition) is 2. The highest BCUT2D eigenvalue weighted by Gasteiger charge is 2.03. The van der Waals surface area contributed by atoms with Gasteiger partial charge in [-0.25, -0.2) is 0 Å². The average Bonchev–Trinajstić information content (AvgIpc) is 2.05. The van der Waals surface area contributed by atoms with Crippen molar-refractivity contribution in [2.75, 3.05) is 27.2 Å². The Morgan fingerprint density at radius 2 is 1.55 bits per heavy atom. The van der Waals surface area contributed by atoms with Crippen LogP contribution < -0.4 is 0 Å². The zero-order valence-corrected chi connectivity index (χ0v) is 10.4. The molecule has 0 aliphatic carbocycles. The summed E-state index contributed by atoms with van der Waals surface area (Å²) in [5.41, 5.74) is 2.28. The van der Waals surface area contributed by atoms with E-state index in [9.17, 15) is 0 Å². The van der Waals surface area contributed by atoms with Crippen LogP contribution in [0.2, 0.25) is 0 Å². The fraction of sp³-hybridized carbons (Fsp3) is 0.750. The molecule has 0 aromatic carbocycles. The highest BCUT2D eigenvalue weighted by atomic mass is 28.1. The average molecular weight is 172 g/mol. The summed E-state index contributed by atoms with van der Waals surface area (Å²) < 4.78 is 0. The van der Waals surface area contributed by atoms with Gasteiger partial charge in [0.1, 0.15) is 0 Å². The molecule has 3 heteroatoms. The van der Waals surface area contributed by atoms with E-state index in [1.807, 2.05) is 0 Å². The van der Waals surface area contributed by atoms with Gasteiger partial charge in [0.15, 0.2) is 0 Å². The normalized spacial score (nSPS) is 9.45.